The molecule has 0 spiro atoms. The van der Waals surface area contributed by atoms with Gasteiger partial charge in [0.05, 0.1) is 0 Å². The monoisotopic (exact) mass is 265 g/mol. The third kappa shape index (κ3) is 1.65. The van der Waals surface area contributed by atoms with Crippen LogP contribution in [0.4, 0.5) is 4.39 Å². The van der Waals surface area contributed by atoms with Gasteiger partial charge in [-0.3, -0.25) is 0 Å². The molecule has 0 amide bonds. The van der Waals surface area contributed by atoms with E-state index in [9.17, 15) is 4.39 Å². The summed E-state index contributed by atoms with van der Waals surface area (Å²) in [6.45, 7) is 5.02. The smallest absolute Gasteiger partial charge is 0.123 e. The first-order chi connectivity index (χ1) is 9.74. The Bertz CT molecular complexity index is 704. The van der Waals surface area contributed by atoms with Crippen molar-refractivity contribution in [3.8, 4) is 0 Å². The summed E-state index contributed by atoms with van der Waals surface area (Å²) in [5.41, 5.74) is 6.17. The van der Waals surface area contributed by atoms with Crippen LogP contribution in [0.2, 0.25) is 0 Å². The number of hydrogen-bond acceptors (Lipinski definition) is 1. The zero-order valence-corrected chi connectivity index (χ0v) is 11.2. The SMILES string of the molecule is C=C1CN[C@@H]2c3cc(F)ccc3Cc3ccccc3[C@@H]12. The molecule has 1 aliphatic heterocycles. The van der Waals surface area contributed by atoms with Gasteiger partial charge in [-0.05, 0) is 40.8 Å². The fourth-order valence-corrected chi connectivity index (χ4v) is 3.61. The summed E-state index contributed by atoms with van der Waals surface area (Å²) < 4.78 is 13.7. The van der Waals surface area contributed by atoms with Crippen LogP contribution < -0.4 is 5.32 Å². The van der Waals surface area contributed by atoms with Gasteiger partial charge in [-0.15, -0.1) is 0 Å². The number of rotatable bonds is 0. The van der Waals surface area contributed by atoms with Crippen LogP contribution in [0.15, 0.2) is 54.6 Å². The lowest BCUT2D eigenvalue weighted by molar-refractivity contribution is 0.579. The molecule has 1 saturated heterocycles. The van der Waals surface area contributed by atoms with Gasteiger partial charge in [0.25, 0.3) is 0 Å². The third-order valence-corrected chi connectivity index (χ3v) is 4.54. The van der Waals surface area contributed by atoms with E-state index in [1.54, 1.807) is 12.1 Å². The molecule has 100 valence electrons. The van der Waals surface area contributed by atoms with Crippen LogP contribution in [-0.4, -0.2) is 6.54 Å². The zero-order valence-electron chi connectivity index (χ0n) is 11.2. The van der Waals surface area contributed by atoms with Crippen molar-refractivity contribution in [2.45, 2.75) is 18.4 Å². The summed E-state index contributed by atoms with van der Waals surface area (Å²) in [6.07, 6.45) is 0.869. The van der Waals surface area contributed by atoms with Gasteiger partial charge in [0.1, 0.15) is 5.82 Å². The summed E-state index contributed by atoms with van der Waals surface area (Å²) in [4.78, 5) is 0. The Kier molecular flexibility index (Phi) is 2.54. The normalized spacial score (nSPS) is 23.8. The summed E-state index contributed by atoms with van der Waals surface area (Å²) in [7, 11) is 0. The van der Waals surface area contributed by atoms with Crippen LogP contribution >= 0.6 is 0 Å². The first kappa shape index (κ1) is 11.9. The molecule has 0 bridgehead atoms. The molecule has 0 aromatic heterocycles. The molecule has 0 saturated carbocycles. The molecule has 2 aromatic carbocycles. The Balaban J connectivity index is 1.98. The topological polar surface area (TPSA) is 12.0 Å². The van der Waals surface area contributed by atoms with Gasteiger partial charge in [-0.25, -0.2) is 4.39 Å². The second-order valence-corrected chi connectivity index (χ2v) is 5.71. The van der Waals surface area contributed by atoms with Crippen LogP contribution in [-0.2, 0) is 6.42 Å². The Morgan fingerprint density at radius 1 is 1.05 bits per heavy atom. The van der Waals surface area contributed by atoms with Gasteiger partial charge in [0.2, 0.25) is 0 Å². The highest BCUT2D eigenvalue weighted by Gasteiger charge is 2.36. The minimum atomic E-state index is -0.159. The van der Waals surface area contributed by atoms with Crippen molar-refractivity contribution >= 4 is 0 Å². The molecule has 1 fully saturated rings. The van der Waals surface area contributed by atoms with Crippen LogP contribution in [0.3, 0.4) is 0 Å². The van der Waals surface area contributed by atoms with Gasteiger partial charge in [0.15, 0.2) is 0 Å². The molecule has 0 unspecified atom stereocenters. The minimum absolute atomic E-state index is 0.150. The van der Waals surface area contributed by atoms with Crippen molar-refractivity contribution in [3.63, 3.8) is 0 Å². The van der Waals surface area contributed by atoms with E-state index in [1.807, 2.05) is 6.07 Å². The highest BCUT2D eigenvalue weighted by molar-refractivity contribution is 5.50. The Hall–Kier alpha value is -1.93. The van der Waals surface area contributed by atoms with E-state index in [0.29, 0.717) is 0 Å². The van der Waals surface area contributed by atoms with Crippen molar-refractivity contribution in [3.05, 3.63) is 82.7 Å². The van der Waals surface area contributed by atoms with E-state index < -0.39 is 0 Å². The Morgan fingerprint density at radius 3 is 2.75 bits per heavy atom. The second kappa shape index (κ2) is 4.29. The Labute approximate surface area is 118 Å². The van der Waals surface area contributed by atoms with Gasteiger partial charge in [0, 0.05) is 18.5 Å². The molecule has 2 aliphatic rings. The van der Waals surface area contributed by atoms with Crippen LogP contribution in [0.25, 0.3) is 0 Å². The molecule has 1 N–H and O–H groups in total. The van der Waals surface area contributed by atoms with Crippen LogP contribution in [0.1, 0.15) is 34.2 Å². The van der Waals surface area contributed by atoms with Gasteiger partial charge in [-0.2, -0.15) is 0 Å². The van der Waals surface area contributed by atoms with Crippen LogP contribution in [0, 0.1) is 5.82 Å². The van der Waals surface area contributed by atoms with E-state index in [4.69, 9.17) is 0 Å². The highest BCUT2D eigenvalue weighted by atomic mass is 19.1. The van der Waals surface area contributed by atoms with Crippen molar-refractivity contribution in [2.75, 3.05) is 6.54 Å². The largest absolute Gasteiger partial charge is 0.305 e. The molecule has 4 rings (SSSR count). The number of halogens is 1. The molecule has 2 aromatic rings. The fraction of sp³-hybridized carbons (Fsp3) is 0.222. The van der Waals surface area contributed by atoms with E-state index >= 15 is 0 Å². The van der Waals surface area contributed by atoms with E-state index in [-0.39, 0.29) is 17.8 Å². The average Bonchev–Trinajstić information content (AvgIpc) is 2.76. The number of hydrogen-bond donors (Lipinski definition) is 1. The van der Waals surface area contributed by atoms with Crippen molar-refractivity contribution in [1.29, 1.82) is 0 Å². The number of benzene rings is 2. The fourth-order valence-electron chi connectivity index (χ4n) is 3.61. The van der Waals surface area contributed by atoms with E-state index in [0.717, 1.165) is 18.5 Å². The lowest BCUT2D eigenvalue weighted by Crippen LogP contribution is -2.17. The average molecular weight is 265 g/mol. The van der Waals surface area contributed by atoms with Gasteiger partial charge < -0.3 is 5.32 Å². The lowest BCUT2D eigenvalue weighted by Gasteiger charge is -2.21. The highest BCUT2D eigenvalue weighted by Crippen LogP contribution is 2.45. The van der Waals surface area contributed by atoms with E-state index in [1.165, 1.54) is 22.3 Å². The molecule has 20 heavy (non-hydrogen) atoms. The molecule has 1 nitrogen and oxygen atoms in total. The summed E-state index contributed by atoms with van der Waals surface area (Å²) in [5.74, 6) is 0.0991. The number of nitrogens with one attached hydrogen (secondary N) is 1. The molecule has 2 heteroatoms. The lowest BCUT2D eigenvalue weighted by atomic mass is 9.85. The minimum Gasteiger partial charge on any atom is -0.305 e. The summed E-state index contributed by atoms with van der Waals surface area (Å²) >= 11 is 0. The first-order valence-electron chi connectivity index (χ1n) is 7.01. The maximum Gasteiger partial charge on any atom is 0.123 e. The molecular formula is C18H16FN. The predicted octanol–water partition coefficient (Wildman–Crippen LogP) is 3.71. The zero-order chi connectivity index (χ0) is 13.7. The number of fused-ring (bicyclic) bond motifs is 5. The molecule has 1 heterocycles. The maximum atomic E-state index is 13.7. The van der Waals surface area contributed by atoms with E-state index in [2.05, 4.69) is 36.2 Å². The van der Waals surface area contributed by atoms with Crippen molar-refractivity contribution in [1.82, 2.24) is 5.32 Å². The quantitative estimate of drug-likeness (QED) is 0.716. The van der Waals surface area contributed by atoms with Crippen molar-refractivity contribution in [2.24, 2.45) is 0 Å². The predicted molar refractivity (Wildman–Crippen MR) is 78.3 cm³/mol. The van der Waals surface area contributed by atoms with Crippen molar-refractivity contribution < 1.29 is 4.39 Å². The summed E-state index contributed by atoms with van der Waals surface area (Å²) in [6, 6.07) is 13.8. The molecular weight excluding hydrogens is 249 g/mol. The molecule has 0 radical (unpaired) electrons. The maximum absolute atomic E-state index is 13.7. The first-order valence-corrected chi connectivity index (χ1v) is 7.01. The standard InChI is InChI=1S/C18H16FN/c1-11-10-20-18-16-9-14(19)7-6-13(16)8-12-4-2-3-5-15(12)17(11)18/h2-7,9,17-18,20H,1,8,10H2/t17-,18-/m1/s1. The Morgan fingerprint density at radius 2 is 1.85 bits per heavy atom. The van der Waals surface area contributed by atoms with Gasteiger partial charge >= 0.3 is 0 Å². The van der Waals surface area contributed by atoms with Crippen LogP contribution in [0.5, 0.6) is 0 Å². The summed E-state index contributed by atoms with van der Waals surface area (Å²) in [5, 5.41) is 3.51. The third-order valence-electron chi connectivity index (χ3n) is 4.54. The molecule has 2 atom stereocenters. The van der Waals surface area contributed by atoms with Gasteiger partial charge in [-0.1, -0.05) is 42.5 Å². The second-order valence-electron chi connectivity index (χ2n) is 5.71. The molecule has 1 aliphatic carbocycles.